The van der Waals surface area contributed by atoms with Gasteiger partial charge < -0.3 is 4.74 Å². The minimum Gasteiger partial charge on any atom is -0.487 e. The molecule has 2 aromatic carbocycles. The average molecular weight is 426 g/mol. The van der Waals surface area contributed by atoms with Crippen molar-refractivity contribution in [2.45, 2.75) is 71.8 Å². The fraction of sp³-hybridized carbons (Fsp3) is 0.500. The van der Waals surface area contributed by atoms with Crippen LogP contribution in [-0.2, 0) is 6.42 Å². The molecule has 2 heteroatoms. The topological polar surface area (TPSA) is 22.1 Å². The number of hydrogen-bond donors (Lipinski definition) is 0. The number of aromatic nitrogens is 1. The molecule has 0 amide bonds. The summed E-state index contributed by atoms with van der Waals surface area (Å²) in [5.74, 6) is 2.46. The molecule has 0 bridgehead atoms. The molecule has 1 unspecified atom stereocenters. The maximum Gasteiger partial charge on any atom is 0.123 e. The number of benzene rings is 2. The first-order valence-electron chi connectivity index (χ1n) is 12.5. The summed E-state index contributed by atoms with van der Waals surface area (Å²) in [5.41, 5.74) is 5.61. The third-order valence-corrected chi connectivity index (χ3v) is 9.49. The van der Waals surface area contributed by atoms with Crippen LogP contribution >= 0.6 is 0 Å². The van der Waals surface area contributed by atoms with Gasteiger partial charge in [0.05, 0.1) is 5.52 Å². The number of hydrogen-bond acceptors (Lipinski definition) is 2. The molecule has 0 radical (unpaired) electrons. The quantitative estimate of drug-likeness (QED) is 0.396. The van der Waals surface area contributed by atoms with E-state index in [9.17, 15) is 0 Å². The van der Waals surface area contributed by atoms with Gasteiger partial charge in [0.2, 0.25) is 0 Å². The summed E-state index contributed by atoms with van der Waals surface area (Å²) >= 11 is 0. The van der Waals surface area contributed by atoms with Crippen LogP contribution in [0.15, 0.2) is 54.7 Å². The largest absolute Gasteiger partial charge is 0.487 e. The summed E-state index contributed by atoms with van der Waals surface area (Å²) in [4.78, 5) is 4.70. The van der Waals surface area contributed by atoms with Gasteiger partial charge in [0, 0.05) is 23.1 Å². The second-order valence-electron chi connectivity index (χ2n) is 11.8. The first kappa shape index (κ1) is 20.3. The van der Waals surface area contributed by atoms with E-state index in [-0.39, 0.29) is 5.60 Å². The second-order valence-corrected chi connectivity index (χ2v) is 11.8. The van der Waals surface area contributed by atoms with Crippen molar-refractivity contribution in [2.75, 3.05) is 0 Å². The lowest BCUT2D eigenvalue weighted by atomic mass is 9.44. The van der Waals surface area contributed by atoms with Crippen LogP contribution in [0.1, 0.15) is 65.4 Å². The minimum atomic E-state index is -0.0440. The van der Waals surface area contributed by atoms with Crippen molar-refractivity contribution in [2.24, 2.45) is 22.7 Å². The number of para-hydroxylation sites is 1. The maximum atomic E-state index is 6.85. The molecule has 0 N–H and O–H groups in total. The van der Waals surface area contributed by atoms with Gasteiger partial charge in [0.15, 0.2) is 0 Å². The number of ether oxygens (including phenoxy) is 1. The van der Waals surface area contributed by atoms with Crippen LogP contribution in [0.25, 0.3) is 22.0 Å². The summed E-state index contributed by atoms with van der Waals surface area (Å²) in [7, 11) is 0. The van der Waals surface area contributed by atoms with Crippen molar-refractivity contribution in [1.82, 2.24) is 4.98 Å². The Bertz CT molecular complexity index is 1200. The van der Waals surface area contributed by atoms with E-state index >= 15 is 0 Å². The molecule has 1 aromatic heterocycles. The SMILES string of the molecule is CC1(C)CCC[C@@]2(C)C1CC[C@@]1(C)Oc3ccc(-c4cnc5ccccc5c4)cc3C[C@@H]12. The third-order valence-electron chi connectivity index (χ3n) is 9.49. The van der Waals surface area contributed by atoms with Crippen LogP contribution in [0, 0.1) is 22.7 Å². The Morgan fingerprint density at radius 1 is 0.875 bits per heavy atom. The van der Waals surface area contributed by atoms with Crippen molar-refractivity contribution < 1.29 is 4.74 Å². The molecular formula is C30H35NO. The van der Waals surface area contributed by atoms with Crippen molar-refractivity contribution in [3.63, 3.8) is 0 Å². The normalized spacial score (nSPS) is 33.0. The van der Waals surface area contributed by atoms with E-state index in [0.717, 1.165) is 23.6 Å². The second kappa shape index (κ2) is 6.83. The minimum absolute atomic E-state index is 0.0440. The molecule has 2 heterocycles. The van der Waals surface area contributed by atoms with Crippen LogP contribution in [0.2, 0.25) is 0 Å². The van der Waals surface area contributed by atoms with E-state index in [1.165, 1.54) is 54.2 Å². The molecule has 1 aliphatic heterocycles. The van der Waals surface area contributed by atoms with Gasteiger partial charge in [-0.25, -0.2) is 0 Å². The fourth-order valence-corrected chi connectivity index (χ4v) is 7.90. The molecular weight excluding hydrogens is 390 g/mol. The van der Waals surface area contributed by atoms with E-state index in [4.69, 9.17) is 9.72 Å². The molecule has 2 nitrogen and oxygen atoms in total. The van der Waals surface area contributed by atoms with E-state index in [1.54, 1.807) is 0 Å². The Balaban J connectivity index is 1.39. The van der Waals surface area contributed by atoms with E-state index in [0.29, 0.717) is 16.7 Å². The Hall–Kier alpha value is -2.35. The lowest BCUT2D eigenvalue weighted by molar-refractivity contribution is -0.162. The van der Waals surface area contributed by atoms with Crippen LogP contribution in [0.3, 0.4) is 0 Å². The number of pyridine rings is 1. The number of fused-ring (bicyclic) bond motifs is 5. The summed E-state index contributed by atoms with van der Waals surface area (Å²) in [6.45, 7) is 10.0. The van der Waals surface area contributed by atoms with Crippen molar-refractivity contribution in [3.8, 4) is 16.9 Å². The van der Waals surface area contributed by atoms with Crippen molar-refractivity contribution >= 4 is 10.9 Å². The summed E-state index contributed by atoms with van der Waals surface area (Å²) in [6.07, 6.45) is 9.68. The van der Waals surface area contributed by atoms with Crippen LogP contribution in [-0.4, -0.2) is 10.6 Å². The number of nitrogens with zero attached hydrogens (tertiary/aromatic N) is 1. The van der Waals surface area contributed by atoms with Gasteiger partial charge in [-0.3, -0.25) is 4.98 Å². The zero-order valence-corrected chi connectivity index (χ0v) is 19.9. The highest BCUT2D eigenvalue weighted by atomic mass is 16.5. The van der Waals surface area contributed by atoms with Crippen molar-refractivity contribution in [3.05, 3.63) is 60.3 Å². The monoisotopic (exact) mass is 425 g/mol. The van der Waals surface area contributed by atoms with Crippen molar-refractivity contribution in [1.29, 1.82) is 0 Å². The molecule has 4 atom stereocenters. The lowest BCUT2D eigenvalue weighted by Gasteiger charge is -2.63. The van der Waals surface area contributed by atoms with E-state index in [2.05, 4.69) is 70.2 Å². The van der Waals surface area contributed by atoms with Crippen LogP contribution in [0.4, 0.5) is 0 Å². The Morgan fingerprint density at radius 3 is 2.59 bits per heavy atom. The Kier molecular flexibility index (Phi) is 4.32. The van der Waals surface area contributed by atoms with Crippen LogP contribution in [0.5, 0.6) is 5.75 Å². The predicted molar refractivity (Wildman–Crippen MR) is 132 cm³/mol. The highest BCUT2D eigenvalue weighted by molar-refractivity contribution is 5.83. The van der Waals surface area contributed by atoms with Gasteiger partial charge in [-0.1, -0.05) is 51.5 Å². The smallest absolute Gasteiger partial charge is 0.123 e. The molecule has 3 aliphatic rings. The molecule has 3 aromatic rings. The molecule has 2 saturated carbocycles. The highest BCUT2D eigenvalue weighted by Crippen LogP contribution is 2.64. The predicted octanol–water partition coefficient (Wildman–Crippen LogP) is 7.84. The summed E-state index contributed by atoms with van der Waals surface area (Å²) in [5, 5.41) is 1.19. The summed E-state index contributed by atoms with van der Waals surface area (Å²) in [6, 6.07) is 17.4. The van der Waals surface area contributed by atoms with Gasteiger partial charge >= 0.3 is 0 Å². The molecule has 2 aliphatic carbocycles. The van der Waals surface area contributed by atoms with Gasteiger partial charge in [0.1, 0.15) is 11.4 Å². The lowest BCUT2D eigenvalue weighted by Crippen LogP contribution is -2.61. The Labute approximate surface area is 192 Å². The zero-order chi connectivity index (χ0) is 22.1. The van der Waals surface area contributed by atoms with Gasteiger partial charge in [-0.15, -0.1) is 0 Å². The molecule has 2 fully saturated rings. The molecule has 0 saturated heterocycles. The zero-order valence-electron chi connectivity index (χ0n) is 19.9. The maximum absolute atomic E-state index is 6.85. The number of rotatable bonds is 1. The fourth-order valence-electron chi connectivity index (χ4n) is 7.90. The molecule has 32 heavy (non-hydrogen) atoms. The Morgan fingerprint density at radius 2 is 1.72 bits per heavy atom. The first-order chi connectivity index (χ1) is 15.3. The molecule has 6 rings (SSSR count). The first-order valence-corrected chi connectivity index (χ1v) is 12.5. The average Bonchev–Trinajstić information content (AvgIpc) is 2.76. The summed E-state index contributed by atoms with van der Waals surface area (Å²) < 4.78 is 6.85. The van der Waals surface area contributed by atoms with E-state index in [1.807, 2.05) is 12.3 Å². The van der Waals surface area contributed by atoms with Gasteiger partial charge in [-0.2, -0.15) is 0 Å². The molecule has 0 spiro atoms. The van der Waals surface area contributed by atoms with Crippen LogP contribution < -0.4 is 4.74 Å². The van der Waals surface area contributed by atoms with Gasteiger partial charge in [0.25, 0.3) is 0 Å². The van der Waals surface area contributed by atoms with E-state index < -0.39 is 0 Å². The highest BCUT2D eigenvalue weighted by Gasteiger charge is 2.60. The standard InChI is InChI=1S/C30H35NO/c1-28(2)13-7-14-29(3)26(28)12-15-30(4)27(29)18-22-16-20(10-11-25(22)32-30)23-17-21-8-5-6-9-24(21)31-19-23/h5-6,8-11,16-17,19,26-27H,7,12-15,18H2,1-4H3/t26?,27-,29+,30-/m1/s1. The van der Waals surface area contributed by atoms with Gasteiger partial charge in [-0.05, 0) is 91.2 Å². The molecule has 166 valence electrons. The third kappa shape index (κ3) is 2.95.